The lowest BCUT2D eigenvalue weighted by Crippen LogP contribution is -2.36. The summed E-state index contributed by atoms with van der Waals surface area (Å²) in [5, 5.41) is 0. The number of rotatable bonds is 4. The lowest BCUT2D eigenvalue weighted by molar-refractivity contribution is -0.121. The van der Waals surface area contributed by atoms with Crippen molar-refractivity contribution in [3.63, 3.8) is 0 Å². The summed E-state index contributed by atoms with van der Waals surface area (Å²) in [6.07, 6.45) is -0.0728. The quantitative estimate of drug-likeness (QED) is 0.425. The van der Waals surface area contributed by atoms with Gasteiger partial charge in [-0.1, -0.05) is 54.1 Å². The number of benzene rings is 3. The summed E-state index contributed by atoms with van der Waals surface area (Å²) in [6.45, 7) is 2.98. The molecular formula is C25H24N3O3P. The highest BCUT2D eigenvalue weighted by atomic mass is 31.2. The van der Waals surface area contributed by atoms with Crippen molar-refractivity contribution in [2.45, 2.75) is 19.0 Å². The summed E-state index contributed by atoms with van der Waals surface area (Å²) in [4.78, 5) is 27.8. The van der Waals surface area contributed by atoms with E-state index in [4.69, 9.17) is 0 Å². The molecule has 1 atom stereocenters. The zero-order chi connectivity index (χ0) is 22.3. The van der Waals surface area contributed by atoms with Gasteiger partial charge in [-0.2, -0.15) is 0 Å². The second-order valence-electron chi connectivity index (χ2n) is 8.13. The van der Waals surface area contributed by atoms with Crippen LogP contribution < -0.4 is 14.2 Å². The topological polar surface area (TPSA) is 60.9 Å². The molecule has 0 saturated carbocycles. The van der Waals surface area contributed by atoms with Crippen LogP contribution in [0.3, 0.4) is 0 Å². The molecule has 0 aliphatic carbocycles. The standard InChI is InChI=1S/C25H24N3O3P/c1-19-12-14-22(15-13-19)28-24(29)18-23(25(28)30)32(31)26(20-8-4-2-5-9-20)16-17-27(32)21-10-6-3-7-11-21/h2-15,23H,16-18H2,1H3. The number of carbonyl (C=O) groups excluding carboxylic acids is 2. The van der Waals surface area contributed by atoms with Crippen molar-refractivity contribution in [1.29, 1.82) is 0 Å². The summed E-state index contributed by atoms with van der Waals surface area (Å²) in [5.74, 6) is -0.710. The molecular weight excluding hydrogens is 421 g/mol. The number of aryl methyl sites for hydroxylation is 1. The first kappa shape index (κ1) is 20.5. The minimum absolute atomic E-state index is 0.0728. The molecule has 1 unspecified atom stereocenters. The molecule has 2 amide bonds. The summed E-state index contributed by atoms with van der Waals surface area (Å²) in [6, 6.07) is 26.3. The van der Waals surface area contributed by atoms with Crippen molar-refractivity contribution in [1.82, 2.24) is 0 Å². The average molecular weight is 445 g/mol. The maximum absolute atomic E-state index is 14.9. The highest BCUT2D eigenvalue weighted by Crippen LogP contribution is 2.65. The fraction of sp³-hybridized carbons (Fsp3) is 0.200. The third-order valence-electron chi connectivity index (χ3n) is 6.14. The van der Waals surface area contributed by atoms with E-state index in [1.165, 1.54) is 4.90 Å². The van der Waals surface area contributed by atoms with Crippen LogP contribution in [0.1, 0.15) is 12.0 Å². The van der Waals surface area contributed by atoms with Crippen molar-refractivity contribution in [3.8, 4) is 0 Å². The van der Waals surface area contributed by atoms with E-state index < -0.39 is 19.0 Å². The van der Waals surface area contributed by atoms with Crippen LogP contribution in [-0.4, -0.2) is 30.6 Å². The van der Waals surface area contributed by atoms with Gasteiger partial charge in [-0.15, -0.1) is 0 Å². The Morgan fingerprint density at radius 1 is 0.719 bits per heavy atom. The molecule has 0 bridgehead atoms. The van der Waals surface area contributed by atoms with Crippen molar-refractivity contribution < 1.29 is 14.2 Å². The normalized spacial score (nSPS) is 20.3. The lowest BCUT2D eigenvalue weighted by Gasteiger charge is -2.35. The molecule has 6 nitrogen and oxygen atoms in total. The number of carbonyl (C=O) groups is 2. The van der Waals surface area contributed by atoms with Gasteiger partial charge < -0.3 is 9.34 Å². The van der Waals surface area contributed by atoms with Gasteiger partial charge in [0, 0.05) is 30.9 Å². The first-order valence-electron chi connectivity index (χ1n) is 10.7. The van der Waals surface area contributed by atoms with Crippen LogP contribution in [0.4, 0.5) is 17.1 Å². The molecule has 0 N–H and O–H groups in total. The molecule has 3 aromatic carbocycles. The number of imide groups is 1. The first-order valence-corrected chi connectivity index (χ1v) is 12.4. The second kappa shape index (κ2) is 7.95. The van der Waals surface area contributed by atoms with Crippen molar-refractivity contribution in [2.24, 2.45) is 0 Å². The summed E-state index contributed by atoms with van der Waals surface area (Å²) >= 11 is 0. The molecule has 7 heteroatoms. The van der Waals surface area contributed by atoms with Crippen LogP contribution in [0.15, 0.2) is 84.9 Å². The molecule has 5 rings (SSSR count). The van der Waals surface area contributed by atoms with Gasteiger partial charge >= 0.3 is 0 Å². The van der Waals surface area contributed by atoms with E-state index in [0.717, 1.165) is 16.9 Å². The summed E-state index contributed by atoms with van der Waals surface area (Å²) < 4.78 is 18.6. The Bertz CT molecular complexity index is 1150. The van der Waals surface area contributed by atoms with Gasteiger partial charge in [-0.3, -0.25) is 14.2 Å². The minimum atomic E-state index is -3.49. The molecule has 3 aromatic rings. The molecule has 2 saturated heterocycles. The van der Waals surface area contributed by atoms with Crippen LogP contribution >= 0.6 is 7.44 Å². The molecule has 162 valence electrons. The van der Waals surface area contributed by atoms with Gasteiger partial charge in [0.1, 0.15) is 5.66 Å². The molecule has 32 heavy (non-hydrogen) atoms. The Labute approximate surface area is 187 Å². The molecule has 2 fully saturated rings. The fourth-order valence-electron chi connectivity index (χ4n) is 4.58. The maximum Gasteiger partial charge on any atom is 0.275 e. The van der Waals surface area contributed by atoms with Gasteiger partial charge in [0.2, 0.25) is 11.8 Å². The fourth-order valence-corrected chi connectivity index (χ4v) is 7.99. The number of anilines is 3. The zero-order valence-electron chi connectivity index (χ0n) is 17.8. The Morgan fingerprint density at radius 2 is 1.22 bits per heavy atom. The predicted molar refractivity (Wildman–Crippen MR) is 127 cm³/mol. The van der Waals surface area contributed by atoms with Gasteiger partial charge in [0.05, 0.1) is 5.69 Å². The number of nitrogens with zero attached hydrogens (tertiary/aromatic N) is 3. The maximum atomic E-state index is 14.9. The first-order chi connectivity index (χ1) is 15.5. The minimum Gasteiger partial charge on any atom is -0.304 e. The molecule has 0 radical (unpaired) electrons. The Hall–Kier alpha value is -3.37. The number of hydrogen-bond acceptors (Lipinski definition) is 3. The number of amides is 2. The zero-order valence-corrected chi connectivity index (χ0v) is 18.7. The number of hydrogen-bond donors (Lipinski definition) is 0. The second-order valence-corrected chi connectivity index (χ2v) is 10.9. The van der Waals surface area contributed by atoms with Crippen molar-refractivity contribution in [2.75, 3.05) is 27.3 Å². The van der Waals surface area contributed by atoms with Crippen LogP contribution in [0.5, 0.6) is 0 Å². The third kappa shape index (κ3) is 3.23. The Morgan fingerprint density at radius 3 is 1.72 bits per heavy atom. The molecule has 2 aliphatic rings. The average Bonchev–Trinajstić information content (AvgIpc) is 3.32. The Kier molecular flexibility index (Phi) is 5.10. The smallest absolute Gasteiger partial charge is 0.275 e. The van der Waals surface area contributed by atoms with Crippen LogP contribution in [0, 0.1) is 6.92 Å². The van der Waals surface area contributed by atoms with E-state index in [1.54, 1.807) is 12.1 Å². The monoisotopic (exact) mass is 445 g/mol. The summed E-state index contributed by atoms with van der Waals surface area (Å²) in [7, 11) is -3.49. The van der Waals surface area contributed by atoms with Crippen molar-refractivity contribution in [3.05, 3.63) is 90.5 Å². The van der Waals surface area contributed by atoms with Crippen LogP contribution in [0.25, 0.3) is 0 Å². The molecule has 2 heterocycles. The van der Waals surface area contributed by atoms with E-state index >= 15 is 0 Å². The van der Waals surface area contributed by atoms with Crippen LogP contribution in [0.2, 0.25) is 0 Å². The van der Waals surface area contributed by atoms with Crippen molar-refractivity contribution >= 4 is 36.3 Å². The Balaban J connectivity index is 1.59. The molecule has 0 aromatic heterocycles. The van der Waals surface area contributed by atoms with Gasteiger partial charge in [-0.25, -0.2) is 4.90 Å². The van der Waals surface area contributed by atoms with E-state index in [-0.39, 0.29) is 12.3 Å². The van der Waals surface area contributed by atoms with Crippen LogP contribution in [-0.2, 0) is 14.2 Å². The lowest BCUT2D eigenvalue weighted by atomic mass is 10.2. The highest BCUT2D eigenvalue weighted by Gasteiger charge is 2.57. The predicted octanol–water partition coefficient (Wildman–Crippen LogP) is 4.85. The highest BCUT2D eigenvalue weighted by molar-refractivity contribution is 7.69. The van der Waals surface area contributed by atoms with Gasteiger partial charge in [-0.05, 0) is 43.3 Å². The van der Waals surface area contributed by atoms with Gasteiger partial charge in [0.15, 0.2) is 0 Å². The van der Waals surface area contributed by atoms with E-state index in [2.05, 4.69) is 0 Å². The van der Waals surface area contributed by atoms with Gasteiger partial charge in [0.25, 0.3) is 7.44 Å². The summed E-state index contributed by atoms with van der Waals surface area (Å²) in [5.41, 5.74) is 2.22. The molecule has 0 spiro atoms. The number of para-hydroxylation sites is 2. The van der Waals surface area contributed by atoms with E-state index in [0.29, 0.717) is 18.8 Å². The van der Waals surface area contributed by atoms with E-state index in [1.807, 2.05) is 89.1 Å². The third-order valence-corrected chi connectivity index (χ3v) is 9.61. The largest absolute Gasteiger partial charge is 0.304 e. The SMILES string of the molecule is Cc1ccc(N2C(=O)CC(P3(=O)N(c4ccccc4)CCN3c3ccccc3)C2=O)cc1. The van der Waals surface area contributed by atoms with E-state index in [9.17, 15) is 14.2 Å². The molecule has 2 aliphatic heterocycles.